The molecule has 0 aromatic heterocycles. The predicted molar refractivity (Wildman–Crippen MR) is 320 cm³/mol. The molecule has 0 radical (unpaired) electrons. The van der Waals surface area contributed by atoms with E-state index in [0.717, 1.165) is 154 Å². The van der Waals surface area contributed by atoms with Crippen molar-refractivity contribution in [2.75, 3.05) is 13.2 Å². The van der Waals surface area contributed by atoms with Gasteiger partial charge in [-0.25, -0.2) is 0 Å². The van der Waals surface area contributed by atoms with Crippen LogP contribution in [0.3, 0.4) is 0 Å². The average molecular weight is 1030 g/mol. The summed E-state index contributed by atoms with van der Waals surface area (Å²) in [7, 11) is 0. The standard InChI is InChI=1S/C68H112O6/c1-4-7-10-13-16-19-22-25-27-28-29-30-31-32-33-34-35-36-37-38-39-40-41-44-46-49-52-55-58-61-67(70)73-64-65(63-72-66(69)60-57-54-51-48-45-42-24-21-18-15-12-9-6-3)74-68(71)62-59-56-53-50-47-43-26-23-20-17-14-11-8-5-2/h7,10,12,14-17,19,21,23-27,29-30,32-33,35-36,65H,4-6,8-9,11,13,18,20,22,28,31,34,37-64H2,1-3H3/b10-7-,15-12-,17-14-,19-16-,24-21-,26-23-,27-25-,30-29-,33-32-,36-35-. The molecule has 0 N–H and O–H groups in total. The lowest BCUT2D eigenvalue weighted by atomic mass is 10.1. The topological polar surface area (TPSA) is 78.9 Å². The Hall–Kier alpha value is -4.19. The van der Waals surface area contributed by atoms with Gasteiger partial charge in [0.05, 0.1) is 0 Å². The van der Waals surface area contributed by atoms with E-state index in [1.807, 2.05) is 0 Å². The summed E-state index contributed by atoms with van der Waals surface area (Å²) in [6.07, 6.45) is 84.8. The van der Waals surface area contributed by atoms with E-state index < -0.39 is 6.10 Å². The molecule has 0 saturated heterocycles. The second-order valence-electron chi connectivity index (χ2n) is 19.9. The molecule has 0 rings (SSSR count). The molecule has 0 aromatic rings. The number of hydrogen-bond acceptors (Lipinski definition) is 6. The van der Waals surface area contributed by atoms with Crippen molar-refractivity contribution in [1.82, 2.24) is 0 Å². The highest BCUT2D eigenvalue weighted by Crippen LogP contribution is 2.15. The van der Waals surface area contributed by atoms with Crippen LogP contribution in [0.1, 0.15) is 271 Å². The Morgan fingerprint density at radius 2 is 0.554 bits per heavy atom. The molecule has 0 amide bonds. The SMILES string of the molecule is CC/C=C\C/C=C\C/C=C\C/C=C\C/C=C\C/C=C\CCCCCCCCCCCCC(=O)OCC(COC(=O)CCCCCCC/C=C\C/C=C\CCC)OC(=O)CCCCCCC/C=C\C/C=C\CCCC. The Kier molecular flexibility index (Phi) is 57.9. The van der Waals surface area contributed by atoms with Crippen LogP contribution in [0.4, 0.5) is 0 Å². The van der Waals surface area contributed by atoms with Gasteiger partial charge in [-0.3, -0.25) is 14.4 Å². The van der Waals surface area contributed by atoms with Crippen LogP contribution in [0.15, 0.2) is 122 Å². The van der Waals surface area contributed by atoms with Gasteiger partial charge in [0.15, 0.2) is 6.10 Å². The van der Waals surface area contributed by atoms with E-state index in [9.17, 15) is 14.4 Å². The molecule has 0 aliphatic carbocycles. The molecule has 6 nitrogen and oxygen atoms in total. The molecule has 0 heterocycles. The zero-order valence-electron chi connectivity index (χ0n) is 48.1. The van der Waals surface area contributed by atoms with E-state index in [4.69, 9.17) is 14.2 Å². The van der Waals surface area contributed by atoms with Crippen LogP contribution in [-0.4, -0.2) is 37.2 Å². The molecule has 0 fully saturated rings. The minimum Gasteiger partial charge on any atom is -0.462 e. The number of carbonyl (C=O) groups is 3. The summed E-state index contributed by atoms with van der Waals surface area (Å²) in [6, 6.07) is 0. The Labute approximate surface area is 456 Å². The van der Waals surface area contributed by atoms with Crippen LogP contribution in [0, 0.1) is 0 Å². The van der Waals surface area contributed by atoms with Gasteiger partial charge in [0.2, 0.25) is 0 Å². The third-order valence-electron chi connectivity index (χ3n) is 12.7. The molecule has 0 bridgehead atoms. The van der Waals surface area contributed by atoms with E-state index in [1.54, 1.807) is 0 Å². The monoisotopic (exact) mass is 1020 g/mol. The Balaban J connectivity index is 4.29. The maximum absolute atomic E-state index is 12.8. The summed E-state index contributed by atoms with van der Waals surface area (Å²) in [6.45, 7) is 6.39. The van der Waals surface area contributed by atoms with Gasteiger partial charge in [-0.05, 0) is 122 Å². The van der Waals surface area contributed by atoms with E-state index in [2.05, 4.69) is 142 Å². The van der Waals surface area contributed by atoms with Crippen molar-refractivity contribution in [3.63, 3.8) is 0 Å². The summed E-state index contributed by atoms with van der Waals surface area (Å²) in [4.78, 5) is 38.2. The normalized spacial score (nSPS) is 13.0. The first kappa shape index (κ1) is 69.8. The highest BCUT2D eigenvalue weighted by atomic mass is 16.6. The Morgan fingerprint density at radius 3 is 0.878 bits per heavy atom. The summed E-state index contributed by atoms with van der Waals surface area (Å²) < 4.78 is 16.9. The third-order valence-corrected chi connectivity index (χ3v) is 12.7. The second kappa shape index (κ2) is 61.4. The molecular formula is C68H112O6. The molecule has 1 unspecified atom stereocenters. The van der Waals surface area contributed by atoms with Gasteiger partial charge in [-0.15, -0.1) is 0 Å². The second-order valence-corrected chi connectivity index (χ2v) is 19.9. The van der Waals surface area contributed by atoms with Crippen molar-refractivity contribution in [3.05, 3.63) is 122 Å². The predicted octanol–water partition coefficient (Wildman–Crippen LogP) is 20.8. The van der Waals surface area contributed by atoms with Crippen molar-refractivity contribution in [1.29, 1.82) is 0 Å². The Morgan fingerprint density at radius 1 is 0.284 bits per heavy atom. The molecule has 0 saturated carbocycles. The molecule has 1 atom stereocenters. The highest BCUT2D eigenvalue weighted by Gasteiger charge is 2.19. The molecule has 0 spiro atoms. The molecule has 420 valence electrons. The summed E-state index contributed by atoms with van der Waals surface area (Å²) >= 11 is 0. The van der Waals surface area contributed by atoms with Crippen molar-refractivity contribution in [3.8, 4) is 0 Å². The van der Waals surface area contributed by atoms with Crippen LogP contribution in [-0.2, 0) is 28.6 Å². The minimum atomic E-state index is -0.796. The lowest BCUT2D eigenvalue weighted by Crippen LogP contribution is -2.30. The van der Waals surface area contributed by atoms with Gasteiger partial charge in [0.1, 0.15) is 13.2 Å². The maximum Gasteiger partial charge on any atom is 0.306 e. The molecule has 0 aromatic carbocycles. The van der Waals surface area contributed by atoms with Gasteiger partial charge < -0.3 is 14.2 Å². The van der Waals surface area contributed by atoms with Crippen LogP contribution in [0.25, 0.3) is 0 Å². The molecular weight excluding hydrogens is 913 g/mol. The van der Waals surface area contributed by atoms with E-state index in [0.29, 0.717) is 19.3 Å². The van der Waals surface area contributed by atoms with Crippen molar-refractivity contribution < 1.29 is 28.6 Å². The van der Waals surface area contributed by atoms with Crippen LogP contribution >= 0.6 is 0 Å². The van der Waals surface area contributed by atoms with Crippen LogP contribution in [0.2, 0.25) is 0 Å². The zero-order valence-corrected chi connectivity index (χ0v) is 48.1. The lowest BCUT2D eigenvalue weighted by molar-refractivity contribution is -0.167. The average Bonchev–Trinajstić information content (AvgIpc) is 3.40. The van der Waals surface area contributed by atoms with E-state index in [1.165, 1.54) is 77.0 Å². The van der Waals surface area contributed by atoms with E-state index >= 15 is 0 Å². The van der Waals surface area contributed by atoms with Crippen LogP contribution < -0.4 is 0 Å². The number of hydrogen-bond donors (Lipinski definition) is 0. The fourth-order valence-electron chi connectivity index (χ4n) is 8.09. The number of esters is 3. The van der Waals surface area contributed by atoms with Gasteiger partial charge in [0, 0.05) is 19.3 Å². The quantitative estimate of drug-likeness (QED) is 0.0261. The van der Waals surface area contributed by atoms with Gasteiger partial charge in [-0.1, -0.05) is 251 Å². The third kappa shape index (κ3) is 58.7. The number of rotatable bonds is 54. The van der Waals surface area contributed by atoms with Crippen molar-refractivity contribution >= 4 is 17.9 Å². The zero-order chi connectivity index (χ0) is 53.6. The van der Waals surface area contributed by atoms with E-state index in [-0.39, 0.29) is 31.1 Å². The maximum atomic E-state index is 12.8. The fraction of sp³-hybridized carbons (Fsp3) is 0.662. The molecule has 74 heavy (non-hydrogen) atoms. The van der Waals surface area contributed by atoms with Crippen molar-refractivity contribution in [2.24, 2.45) is 0 Å². The number of allylic oxidation sites excluding steroid dienone is 20. The lowest BCUT2D eigenvalue weighted by Gasteiger charge is -2.18. The highest BCUT2D eigenvalue weighted by molar-refractivity contribution is 5.71. The van der Waals surface area contributed by atoms with Gasteiger partial charge >= 0.3 is 17.9 Å². The molecule has 0 aliphatic rings. The summed E-state index contributed by atoms with van der Waals surface area (Å²) in [5.74, 6) is -0.925. The first-order chi connectivity index (χ1) is 36.5. The summed E-state index contributed by atoms with van der Waals surface area (Å²) in [5.41, 5.74) is 0. The van der Waals surface area contributed by atoms with Gasteiger partial charge in [-0.2, -0.15) is 0 Å². The first-order valence-electron chi connectivity index (χ1n) is 30.5. The number of ether oxygens (including phenoxy) is 3. The minimum absolute atomic E-state index is 0.0925. The van der Waals surface area contributed by atoms with Crippen LogP contribution in [0.5, 0.6) is 0 Å². The largest absolute Gasteiger partial charge is 0.462 e. The van der Waals surface area contributed by atoms with Crippen molar-refractivity contribution in [2.45, 2.75) is 277 Å². The number of unbranched alkanes of at least 4 members (excludes halogenated alkanes) is 23. The smallest absolute Gasteiger partial charge is 0.306 e. The first-order valence-corrected chi connectivity index (χ1v) is 30.5. The van der Waals surface area contributed by atoms with Gasteiger partial charge in [0.25, 0.3) is 0 Å². The molecule has 6 heteroatoms. The Bertz CT molecular complexity index is 1550. The fourth-order valence-corrected chi connectivity index (χ4v) is 8.09. The molecule has 0 aliphatic heterocycles. The summed E-state index contributed by atoms with van der Waals surface area (Å²) in [5, 5.41) is 0. The number of carbonyl (C=O) groups excluding carboxylic acids is 3.